The average molecular weight is 228 g/mol. The van der Waals surface area contributed by atoms with E-state index in [0.717, 1.165) is 0 Å². The van der Waals surface area contributed by atoms with Gasteiger partial charge < -0.3 is 0 Å². The minimum absolute atomic E-state index is 0.0530. The number of nitrogens with zero attached hydrogens (tertiary/aromatic N) is 4. The molecule has 3 rings (SSSR count). The number of para-hydroxylation sites is 1. The molecule has 0 spiro atoms. The number of fused-ring (bicyclic) bond motifs is 2. The lowest BCUT2D eigenvalue weighted by Gasteiger charge is -2.00. The van der Waals surface area contributed by atoms with E-state index in [4.69, 9.17) is 0 Å². The Hall–Kier alpha value is -2.17. The van der Waals surface area contributed by atoms with Gasteiger partial charge in [-0.1, -0.05) is 12.1 Å². The summed E-state index contributed by atoms with van der Waals surface area (Å²) in [4.78, 5) is 16.8. The summed E-state index contributed by atoms with van der Waals surface area (Å²) in [6.45, 7) is 4.49. The Kier molecular flexibility index (Phi) is 2.01. The number of hydrogen-bond acceptors (Lipinski definition) is 3. The summed E-state index contributed by atoms with van der Waals surface area (Å²) in [5.74, 6) is 1.28. The van der Waals surface area contributed by atoms with Crippen molar-refractivity contribution in [3.63, 3.8) is 0 Å². The maximum absolute atomic E-state index is 12.3. The SMILES string of the molecule is CCn1nc(C)n2c(=O)c3ccccc3nc12. The Morgan fingerprint density at radius 3 is 2.82 bits per heavy atom. The van der Waals surface area contributed by atoms with Crippen molar-refractivity contribution in [2.24, 2.45) is 0 Å². The quantitative estimate of drug-likeness (QED) is 0.632. The van der Waals surface area contributed by atoms with Crippen LogP contribution in [0.15, 0.2) is 29.1 Å². The second kappa shape index (κ2) is 3.41. The minimum atomic E-state index is -0.0530. The van der Waals surface area contributed by atoms with Crippen LogP contribution in [0.3, 0.4) is 0 Å². The molecule has 0 saturated heterocycles. The van der Waals surface area contributed by atoms with E-state index < -0.39 is 0 Å². The van der Waals surface area contributed by atoms with Crippen LogP contribution in [0.4, 0.5) is 0 Å². The number of rotatable bonds is 1. The minimum Gasteiger partial charge on any atom is -0.268 e. The highest BCUT2D eigenvalue weighted by Gasteiger charge is 2.11. The molecule has 0 bridgehead atoms. The summed E-state index contributed by atoms with van der Waals surface area (Å²) in [6.07, 6.45) is 0. The van der Waals surface area contributed by atoms with E-state index in [9.17, 15) is 4.79 Å². The lowest BCUT2D eigenvalue weighted by atomic mass is 10.2. The summed E-state index contributed by atoms with van der Waals surface area (Å²) < 4.78 is 3.30. The molecule has 5 heteroatoms. The smallest absolute Gasteiger partial charge is 0.268 e. The monoisotopic (exact) mass is 228 g/mol. The van der Waals surface area contributed by atoms with E-state index in [1.54, 1.807) is 15.1 Å². The maximum atomic E-state index is 12.3. The fraction of sp³-hybridized carbons (Fsp3) is 0.250. The van der Waals surface area contributed by atoms with Gasteiger partial charge in [0.05, 0.1) is 10.9 Å². The van der Waals surface area contributed by atoms with Gasteiger partial charge in [-0.3, -0.25) is 4.79 Å². The summed E-state index contributed by atoms with van der Waals surface area (Å²) in [5.41, 5.74) is 0.662. The van der Waals surface area contributed by atoms with E-state index in [1.165, 1.54) is 0 Å². The summed E-state index contributed by atoms with van der Waals surface area (Å²) >= 11 is 0. The summed E-state index contributed by atoms with van der Waals surface area (Å²) in [7, 11) is 0. The van der Waals surface area contributed by atoms with Gasteiger partial charge in [0.25, 0.3) is 5.56 Å². The van der Waals surface area contributed by atoms with Crippen LogP contribution in [0, 0.1) is 6.92 Å². The fourth-order valence-electron chi connectivity index (χ4n) is 2.06. The molecule has 2 heterocycles. The van der Waals surface area contributed by atoms with E-state index in [0.29, 0.717) is 29.0 Å². The predicted octanol–water partition coefficient (Wildman–Crippen LogP) is 1.37. The van der Waals surface area contributed by atoms with Crippen LogP contribution in [0.25, 0.3) is 16.7 Å². The number of aromatic nitrogens is 4. The Bertz CT molecular complexity index is 769. The molecule has 0 aliphatic rings. The lowest BCUT2D eigenvalue weighted by molar-refractivity contribution is 0.670. The Morgan fingerprint density at radius 2 is 2.06 bits per heavy atom. The van der Waals surface area contributed by atoms with E-state index in [2.05, 4.69) is 10.1 Å². The molecule has 0 radical (unpaired) electrons. The second-order valence-electron chi connectivity index (χ2n) is 3.93. The van der Waals surface area contributed by atoms with Crippen LogP contribution in [-0.4, -0.2) is 19.2 Å². The van der Waals surface area contributed by atoms with Crippen LogP contribution in [0.1, 0.15) is 12.7 Å². The third kappa shape index (κ3) is 1.28. The van der Waals surface area contributed by atoms with Crippen molar-refractivity contribution in [3.8, 4) is 0 Å². The van der Waals surface area contributed by atoms with Gasteiger partial charge in [0.15, 0.2) is 0 Å². The van der Waals surface area contributed by atoms with Crippen molar-refractivity contribution >= 4 is 16.7 Å². The highest BCUT2D eigenvalue weighted by Crippen LogP contribution is 2.09. The number of aryl methyl sites for hydroxylation is 2. The molecule has 3 aromatic rings. The molecule has 0 N–H and O–H groups in total. The van der Waals surface area contributed by atoms with Gasteiger partial charge in [0.2, 0.25) is 5.78 Å². The van der Waals surface area contributed by atoms with E-state index in [1.807, 2.05) is 32.0 Å². The molecule has 5 nitrogen and oxygen atoms in total. The van der Waals surface area contributed by atoms with Crippen molar-refractivity contribution in [1.29, 1.82) is 0 Å². The first-order chi connectivity index (χ1) is 8.22. The van der Waals surface area contributed by atoms with Crippen LogP contribution < -0.4 is 5.56 Å². The van der Waals surface area contributed by atoms with Gasteiger partial charge in [0.1, 0.15) is 5.82 Å². The lowest BCUT2D eigenvalue weighted by Crippen LogP contribution is -2.16. The van der Waals surface area contributed by atoms with Gasteiger partial charge in [-0.25, -0.2) is 14.1 Å². The molecule has 0 aliphatic heterocycles. The molecule has 0 atom stereocenters. The third-order valence-electron chi connectivity index (χ3n) is 2.88. The molecule has 0 amide bonds. The van der Waals surface area contributed by atoms with Crippen LogP contribution >= 0.6 is 0 Å². The standard InChI is InChI=1S/C12H12N4O/c1-3-15-12-13-10-7-5-4-6-9(10)11(17)16(12)8(2)14-15/h4-7H,3H2,1-2H3. The van der Waals surface area contributed by atoms with Crippen molar-refractivity contribution in [2.45, 2.75) is 20.4 Å². The van der Waals surface area contributed by atoms with Gasteiger partial charge in [-0.15, -0.1) is 0 Å². The van der Waals surface area contributed by atoms with Crippen molar-refractivity contribution in [1.82, 2.24) is 19.2 Å². The molecule has 0 unspecified atom stereocenters. The highest BCUT2D eigenvalue weighted by atomic mass is 16.1. The Labute approximate surface area is 97.3 Å². The van der Waals surface area contributed by atoms with E-state index >= 15 is 0 Å². The molecule has 0 saturated carbocycles. The van der Waals surface area contributed by atoms with Gasteiger partial charge >= 0.3 is 0 Å². The number of benzene rings is 1. The Morgan fingerprint density at radius 1 is 1.29 bits per heavy atom. The summed E-state index contributed by atoms with van der Waals surface area (Å²) in [5, 5.41) is 4.94. The first-order valence-electron chi connectivity index (χ1n) is 5.57. The van der Waals surface area contributed by atoms with Crippen molar-refractivity contribution in [2.75, 3.05) is 0 Å². The molecule has 1 aromatic carbocycles. The molecular weight excluding hydrogens is 216 g/mol. The van der Waals surface area contributed by atoms with Crippen molar-refractivity contribution in [3.05, 3.63) is 40.4 Å². The molecule has 86 valence electrons. The van der Waals surface area contributed by atoms with Crippen molar-refractivity contribution < 1.29 is 0 Å². The molecular formula is C12H12N4O. The summed E-state index contributed by atoms with van der Waals surface area (Å²) in [6, 6.07) is 7.36. The first kappa shape index (κ1) is 10.0. The maximum Gasteiger partial charge on any atom is 0.268 e. The zero-order valence-corrected chi connectivity index (χ0v) is 9.71. The zero-order valence-electron chi connectivity index (χ0n) is 9.71. The predicted molar refractivity (Wildman–Crippen MR) is 65.2 cm³/mol. The first-order valence-corrected chi connectivity index (χ1v) is 5.57. The molecule has 2 aromatic heterocycles. The number of hydrogen-bond donors (Lipinski definition) is 0. The third-order valence-corrected chi connectivity index (χ3v) is 2.88. The van der Waals surface area contributed by atoms with Crippen LogP contribution in [0.5, 0.6) is 0 Å². The molecule has 0 aliphatic carbocycles. The fourth-order valence-corrected chi connectivity index (χ4v) is 2.06. The average Bonchev–Trinajstić information content (AvgIpc) is 2.66. The molecule has 17 heavy (non-hydrogen) atoms. The highest BCUT2D eigenvalue weighted by molar-refractivity contribution is 5.78. The largest absolute Gasteiger partial charge is 0.268 e. The van der Waals surface area contributed by atoms with Gasteiger partial charge in [0, 0.05) is 6.54 Å². The van der Waals surface area contributed by atoms with Gasteiger partial charge in [-0.05, 0) is 26.0 Å². The topological polar surface area (TPSA) is 52.2 Å². The van der Waals surface area contributed by atoms with Gasteiger partial charge in [-0.2, -0.15) is 5.10 Å². The molecule has 0 fully saturated rings. The second-order valence-corrected chi connectivity index (χ2v) is 3.93. The van der Waals surface area contributed by atoms with Crippen LogP contribution in [-0.2, 0) is 6.54 Å². The van der Waals surface area contributed by atoms with E-state index in [-0.39, 0.29) is 5.56 Å². The Balaban J connectivity index is 2.61. The zero-order chi connectivity index (χ0) is 12.0. The normalized spacial score (nSPS) is 11.4. The van der Waals surface area contributed by atoms with Crippen LogP contribution in [0.2, 0.25) is 0 Å².